The molecule has 2 rings (SSSR count). The van der Waals surface area contributed by atoms with Crippen LogP contribution in [0.4, 0.5) is 0 Å². The van der Waals surface area contributed by atoms with Crippen molar-refractivity contribution >= 4 is 35.1 Å². The third kappa shape index (κ3) is 36.8. The molecule has 0 amide bonds. The van der Waals surface area contributed by atoms with Gasteiger partial charge in [0.15, 0.2) is 0 Å². The summed E-state index contributed by atoms with van der Waals surface area (Å²) in [5.74, 6) is 0. The van der Waals surface area contributed by atoms with E-state index < -0.39 is 0 Å². The Morgan fingerprint density at radius 3 is 1.45 bits per heavy atom. The van der Waals surface area contributed by atoms with Gasteiger partial charge in [-0.25, -0.2) is 24.3 Å². The van der Waals surface area contributed by atoms with Crippen LogP contribution in [0.1, 0.15) is 12.8 Å². The molecule has 122 valence electrons. The number of nitrogens with zero attached hydrogens (tertiary/aromatic N) is 1. The quantitative estimate of drug-likeness (QED) is 0.281. The van der Waals surface area contributed by atoms with Crippen molar-refractivity contribution in [1.82, 2.24) is 0 Å². The predicted molar refractivity (Wildman–Crippen MR) is 106 cm³/mol. The fraction of sp³-hybridized carbons (Fsp3) is 0.294. The largest absolute Gasteiger partial charge is 3.00 e. The molecule has 2 aliphatic rings. The van der Waals surface area contributed by atoms with Crippen LogP contribution in [-0.4, -0.2) is 23.3 Å². The van der Waals surface area contributed by atoms with E-state index in [1.807, 2.05) is 41.1 Å². The molecule has 0 atom stereocenters. The maximum absolute atomic E-state index is 3.97. The molecule has 2 radical (unpaired) electrons. The zero-order chi connectivity index (χ0) is 14.6. The third-order valence-corrected chi connectivity index (χ3v) is 1.69. The van der Waals surface area contributed by atoms with Crippen molar-refractivity contribution in [1.29, 1.82) is 0 Å². The van der Waals surface area contributed by atoms with E-state index in [-0.39, 0.29) is 46.5 Å². The van der Waals surface area contributed by atoms with Gasteiger partial charge in [0.1, 0.15) is 0 Å². The Morgan fingerprint density at radius 2 is 1.32 bits per heavy atom. The van der Waals surface area contributed by atoms with E-state index in [0.29, 0.717) is 0 Å². The number of allylic oxidation sites excluding steroid dienone is 8. The van der Waals surface area contributed by atoms with Crippen molar-refractivity contribution in [2.75, 3.05) is 13.1 Å². The Morgan fingerprint density at radius 1 is 0.955 bits per heavy atom. The summed E-state index contributed by atoms with van der Waals surface area (Å²) in [4.78, 5) is 0. The minimum atomic E-state index is 0. The second-order valence-electron chi connectivity index (χ2n) is 3.17. The first-order chi connectivity index (χ1) is 9.41. The van der Waals surface area contributed by atoms with Gasteiger partial charge in [0.25, 0.3) is 0 Å². The Labute approximate surface area is 167 Å². The summed E-state index contributed by atoms with van der Waals surface area (Å²) in [6.45, 7) is 10.5. The minimum absolute atomic E-state index is 0. The Bertz CT molecular complexity index is 264. The number of hydrogen-bond donors (Lipinski definition) is 0. The van der Waals surface area contributed by atoms with Crippen molar-refractivity contribution in [2.45, 2.75) is 19.4 Å². The van der Waals surface area contributed by atoms with Crippen LogP contribution in [0.15, 0.2) is 61.8 Å². The van der Waals surface area contributed by atoms with Crippen LogP contribution >= 0.6 is 24.8 Å². The summed E-state index contributed by atoms with van der Waals surface area (Å²) in [5.41, 5.74) is 0. The topological polar surface area (TPSA) is 14.1 Å². The van der Waals surface area contributed by atoms with Gasteiger partial charge in [-0.15, -0.1) is 76.1 Å². The summed E-state index contributed by atoms with van der Waals surface area (Å²) in [6.07, 6.45) is 23.5. The van der Waals surface area contributed by atoms with Crippen molar-refractivity contribution in [3.63, 3.8) is 0 Å². The Balaban J connectivity index is -0.0000000588. The van der Waals surface area contributed by atoms with Crippen molar-refractivity contribution in [2.24, 2.45) is 0 Å². The molecule has 0 aromatic rings. The summed E-state index contributed by atoms with van der Waals surface area (Å²) >= 11 is 0. The van der Waals surface area contributed by atoms with Crippen LogP contribution in [0, 0.1) is 12.2 Å². The van der Waals surface area contributed by atoms with E-state index in [4.69, 9.17) is 0 Å². The number of rotatable bonds is 4. The van der Waals surface area contributed by atoms with Crippen LogP contribution in [0.3, 0.4) is 0 Å². The molecule has 0 bridgehead atoms. The molecule has 22 heavy (non-hydrogen) atoms. The third-order valence-electron chi connectivity index (χ3n) is 1.69. The maximum atomic E-state index is 3.97. The van der Waals surface area contributed by atoms with Crippen LogP contribution in [-0.2, 0) is 21.7 Å². The molecule has 0 N–H and O–H groups in total. The maximum Gasteiger partial charge on any atom is 3.00 e. The van der Waals surface area contributed by atoms with E-state index in [0.717, 1.165) is 25.9 Å². The van der Waals surface area contributed by atoms with E-state index in [1.54, 1.807) is 12.2 Å². The van der Waals surface area contributed by atoms with E-state index >= 15 is 0 Å². The van der Waals surface area contributed by atoms with Gasteiger partial charge in [0.2, 0.25) is 0 Å². The van der Waals surface area contributed by atoms with E-state index in [2.05, 4.69) is 42.8 Å². The van der Waals surface area contributed by atoms with Gasteiger partial charge in [0.05, 0.1) is 0 Å². The van der Waals surface area contributed by atoms with Gasteiger partial charge in [-0.05, 0) is 0 Å². The molecule has 5 heteroatoms. The second-order valence-corrected chi connectivity index (χ2v) is 3.17. The first-order valence-electron chi connectivity index (χ1n) is 6.41. The molecule has 0 saturated heterocycles. The zero-order valence-electron chi connectivity index (χ0n) is 13.3. The van der Waals surface area contributed by atoms with Crippen LogP contribution in [0.2, 0.25) is 6.55 Å². The summed E-state index contributed by atoms with van der Waals surface area (Å²) < 4.78 is 0. The first-order valence-corrected chi connectivity index (χ1v) is 7.82. The van der Waals surface area contributed by atoms with Gasteiger partial charge in [0, 0.05) is 10.2 Å². The summed E-state index contributed by atoms with van der Waals surface area (Å²) in [7, 11) is 1.86. The van der Waals surface area contributed by atoms with Crippen LogP contribution in [0.25, 0.3) is 5.32 Å². The van der Waals surface area contributed by atoms with Gasteiger partial charge in [-0.3, -0.25) is 12.2 Å². The fourth-order valence-electron chi connectivity index (χ4n) is 0.938. The number of halogens is 2. The second kappa shape index (κ2) is 37.3. The smallest absolute Gasteiger partial charge is 0.656 e. The van der Waals surface area contributed by atoms with E-state index in [9.17, 15) is 0 Å². The molecular weight excluding hydrogens is 365 g/mol. The molecule has 2 aliphatic carbocycles. The Hall–Kier alpha value is -0.0888. The molecule has 0 fully saturated rings. The summed E-state index contributed by atoms with van der Waals surface area (Å²) in [5, 5.41) is 3.97. The number of hydrogen-bond acceptors (Lipinski definition) is 0. The monoisotopic (exact) mass is 391 g/mol. The molecule has 0 saturated carbocycles. The minimum Gasteiger partial charge on any atom is -0.656 e. The molecule has 0 aromatic carbocycles. The summed E-state index contributed by atoms with van der Waals surface area (Å²) in [6, 6.07) is 0. The molecule has 0 heterocycles. The van der Waals surface area contributed by atoms with Crippen LogP contribution < -0.4 is 0 Å². The molecule has 0 unspecified atom stereocenters. The SMILES string of the molecule is C=CC[N-]CC=C.C[SiH2].Cl.Cl.[C-]1=CC=CC1.[C-]1=CC=CC1.[Ti+3]. The predicted octanol–water partition coefficient (Wildman–Crippen LogP) is 4.85. The normalized spacial score (nSPS) is 10.8. The van der Waals surface area contributed by atoms with Crippen molar-refractivity contribution < 1.29 is 21.7 Å². The van der Waals surface area contributed by atoms with Crippen molar-refractivity contribution in [3.8, 4) is 0 Å². The molecule has 1 nitrogen and oxygen atoms in total. The Kier molecular flexibility index (Phi) is 56.8. The molecule has 0 aliphatic heterocycles. The first kappa shape index (κ1) is 33.5. The van der Waals surface area contributed by atoms with Gasteiger partial charge < -0.3 is 5.32 Å². The van der Waals surface area contributed by atoms with Gasteiger partial charge in [-0.2, -0.15) is 12.2 Å². The molecule has 0 spiro atoms. The average molecular weight is 392 g/mol. The molecular formula is C17H27Cl2NSiTi. The standard InChI is InChI=1S/C6H10N.2C5H5.CH5Si.2ClH.Ti/c1-3-5-7-6-4-2;2*1-2-4-5-3-1;1-2;;;/h3-4H,1-2,5-6H2;2*1-3H,4H2;2H2,1H3;2*1H;/q3*-1;;;;+3. The average Bonchev–Trinajstić information content (AvgIpc) is 3.20. The zero-order valence-corrected chi connectivity index (χ0v) is 17.9. The van der Waals surface area contributed by atoms with Gasteiger partial charge >= 0.3 is 21.7 Å². The van der Waals surface area contributed by atoms with Crippen molar-refractivity contribution in [3.05, 3.63) is 79.2 Å². The van der Waals surface area contributed by atoms with Crippen LogP contribution in [0.5, 0.6) is 0 Å². The fourth-order valence-corrected chi connectivity index (χ4v) is 0.938. The molecule has 0 aromatic heterocycles. The van der Waals surface area contributed by atoms with Gasteiger partial charge in [-0.1, -0.05) is 6.55 Å². The van der Waals surface area contributed by atoms with E-state index in [1.165, 1.54) is 0 Å².